The Kier molecular flexibility index (Phi) is 4.86. The van der Waals surface area contributed by atoms with Crippen molar-refractivity contribution in [1.29, 1.82) is 0 Å². The van der Waals surface area contributed by atoms with Gasteiger partial charge in [-0.3, -0.25) is 4.79 Å². The zero-order chi connectivity index (χ0) is 14.6. The molecule has 2 rings (SSSR count). The third-order valence-corrected chi connectivity index (χ3v) is 4.18. The van der Waals surface area contributed by atoms with E-state index in [1.165, 1.54) is 0 Å². The minimum absolute atomic E-state index is 0.0308. The first-order valence-corrected chi connectivity index (χ1v) is 7.55. The summed E-state index contributed by atoms with van der Waals surface area (Å²) in [7, 11) is 0. The molecule has 1 amide bonds. The molecule has 1 aromatic rings. The SMILES string of the molecule is CC(CCc1ccco1)NC(=O)C1NCCCC1(C)C. The van der Waals surface area contributed by atoms with Crippen molar-refractivity contribution in [3.63, 3.8) is 0 Å². The lowest BCUT2D eigenvalue weighted by Crippen LogP contribution is -2.56. The lowest BCUT2D eigenvalue weighted by Gasteiger charge is -2.38. The van der Waals surface area contributed by atoms with Gasteiger partial charge in [-0.1, -0.05) is 13.8 Å². The first-order valence-electron chi connectivity index (χ1n) is 7.55. The third kappa shape index (κ3) is 3.85. The lowest BCUT2D eigenvalue weighted by atomic mass is 9.77. The van der Waals surface area contributed by atoms with Crippen LogP contribution in [0.5, 0.6) is 0 Å². The number of carbonyl (C=O) groups is 1. The average Bonchev–Trinajstić information content (AvgIpc) is 2.88. The summed E-state index contributed by atoms with van der Waals surface area (Å²) in [6.45, 7) is 7.31. The Labute approximate surface area is 121 Å². The largest absolute Gasteiger partial charge is 0.469 e. The maximum absolute atomic E-state index is 12.4. The lowest BCUT2D eigenvalue weighted by molar-refractivity contribution is -0.127. The van der Waals surface area contributed by atoms with E-state index >= 15 is 0 Å². The predicted octanol–water partition coefficient (Wildman–Crippen LogP) is 2.50. The molecular formula is C16H26N2O2. The van der Waals surface area contributed by atoms with Crippen LogP contribution in [0.3, 0.4) is 0 Å². The van der Waals surface area contributed by atoms with E-state index in [2.05, 4.69) is 31.4 Å². The molecule has 2 heterocycles. The zero-order valence-electron chi connectivity index (χ0n) is 12.7. The minimum atomic E-state index is -0.0812. The smallest absolute Gasteiger partial charge is 0.237 e. The summed E-state index contributed by atoms with van der Waals surface area (Å²) in [6.07, 6.45) is 5.68. The first kappa shape index (κ1) is 15.1. The second-order valence-electron chi connectivity index (χ2n) is 6.51. The Morgan fingerprint density at radius 1 is 1.60 bits per heavy atom. The zero-order valence-corrected chi connectivity index (χ0v) is 12.7. The van der Waals surface area contributed by atoms with E-state index in [0.717, 1.165) is 38.0 Å². The number of carbonyl (C=O) groups excluding carboxylic acids is 1. The summed E-state index contributed by atoms with van der Waals surface area (Å²) >= 11 is 0. The normalized spacial score (nSPS) is 23.2. The first-order chi connectivity index (χ1) is 9.49. The molecule has 0 radical (unpaired) electrons. The second kappa shape index (κ2) is 6.44. The molecular weight excluding hydrogens is 252 g/mol. The molecule has 112 valence electrons. The van der Waals surface area contributed by atoms with Crippen LogP contribution >= 0.6 is 0 Å². The fourth-order valence-corrected chi connectivity index (χ4v) is 2.87. The Balaban J connectivity index is 1.81. The third-order valence-electron chi connectivity index (χ3n) is 4.18. The quantitative estimate of drug-likeness (QED) is 0.870. The topological polar surface area (TPSA) is 54.3 Å². The number of hydrogen-bond acceptors (Lipinski definition) is 3. The summed E-state index contributed by atoms with van der Waals surface area (Å²) in [5.41, 5.74) is 0.0308. The molecule has 4 heteroatoms. The highest BCUT2D eigenvalue weighted by atomic mass is 16.3. The molecule has 1 aliphatic rings. The Hall–Kier alpha value is -1.29. The number of furan rings is 1. The van der Waals surface area contributed by atoms with E-state index in [9.17, 15) is 4.79 Å². The van der Waals surface area contributed by atoms with Crippen molar-refractivity contribution in [3.05, 3.63) is 24.2 Å². The number of nitrogens with one attached hydrogen (secondary N) is 2. The monoisotopic (exact) mass is 278 g/mol. The molecule has 2 N–H and O–H groups in total. The van der Waals surface area contributed by atoms with E-state index in [4.69, 9.17) is 4.42 Å². The van der Waals surface area contributed by atoms with Crippen LogP contribution in [0.15, 0.2) is 22.8 Å². The molecule has 0 saturated carbocycles. The van der Waals surface area contributed by atoms with Gasteiger partial charge in [0, 0.05) is 12.5 Å². The summed E-state index contributed by atoms with van der Waals surface area (Å²) in [5, 5.41) is 6.48. The van der Waals surface area contributed by atoms with E-state index in [0.29, 0.717) is 0 Å². The van der Waals surface area contributed by atoms with Gasteiger partial charge in [-0.15, -0.1) is 0 Å². The molecule has 1 fully saturated rings. The van der Waals surface area contributed by atoms with Crippen LogP contribution in [0.1, 0.15) is 45.8 Å². The highest BCUT2D eigenvalue weighted by molar-refractivity contribution is 5.83. The van der Waals surface area contributed by atoms with E-state index < -0.39 is 0 Å². The van der Waals surface area contributed by atoms with Crippen LogP contribution in [0.25, 0.3) is 0 Å². The molecule has 0 aliphatic carbocycles. The van der Waals surface area contributed by atoms with Crippen LogP contribution in [-0.2, 0) is 11.2 Å². The molecule has 1 aromatic heterocycles. The van der Waals surface area contributed by atoms with Crippen LogP contribution < -0.4 is 10.6 Å². The second-order valence-corrected chi connectivity index (χ2v) is 6.51. The Morgan fingerprint density at radius 3 is 3.05 bits per heavy atom. The number of aryl methyl sites for hydroxylation is 1. The van der Waals surface area contributed by atoms with Crippen molar-refractivity contribution in [2.45, 2.75) is 58.5 Å². The van der Waals surface area contributed by atoms with Crippen molar-refractivity contribution in [2.75, 3.05) is 6.54 Å². The molecule has 2 unspecified atom stereocenters. The summed E-state index contributed by atoms with van der Waals surface area (Å²) in [5.74, 6) is 1.10. The van der Waals surface area contributed by atoms with Gasteiger partial charge < -0.3 is 15.1 Å². The molecule has 2 atom stereocenters. The molecule has 1 aliphatic heterocycles. The maximum Gasteiger partial charge on any atom is 0.237 e. The van der Waals surface area contributed by atoms with Crippen molar-refractivity contribution in [2.24, 2.45) is 5.41 Å². The van der Waals surface area contributed by atoms with E-state index in [1.54, 1.807) is 6.26 Å². The average molecular weight is 278 g/mol. The molecule has 0 bridgehead atoms. The van der Waals surface area contributed by atoms with Crippen molar-refractivity contribution in [1.82, 2.24) is 10.6 Å². The van der Waals surface area contributed by atoms with Crippen LogP contribution in [-0.4, -0.2) is 24.5 Å². The maximum atomic E-state index is 12.4. The Morgan fingerprint density at radius 2 is 2.40 bits per heavy atom. The summed E-state index contributed by atoms with van der Waals surface area (Å²) in [6, 6.07) is 3.95. The fraction of sp³-hybridized carbons (Fsp3) is 0.688. The highest BCUT2D eigenvalue weighted by Crippen LogP contribution is 2.30. The van der Waals surface area contributed by atoms with Gasteiger partial charge in [0.15, 0.2) is 0 Å². The van der Waals surface area contributed by atoms with Gasteiger partial charge in [0.1, 0.15) is 5.76 Å². The predicted molar refractivity (Wildman–Crippen MR) is 79.4 cm³/mol. The van der Waals surface area contributed by atoms with Gasteiger partial charge in [0.05, 0.1) is 12.3 Å². The van der Waals surface area contributed by atoms with E-state index in [1.807, 2.05) is 12.1 Å². The van der Waals surface area contributed by atoms with Gasteiger partial charge >= 0.3 is 0 Å². The van der Waals surface area contributed by atoms with Crippen molar-refractivity contribution >= 4 is 5.91 Å². The standard InChI is InChI=1S/C16H26N2O2/c1-12(7-8-13-6-4-11-20-13)18-15(19)14-16(2,3)9-5-10-17-14/h4,6,11-12,14,17H,5,7-10H2,1-3H3,(H,18,19). The fourth-order valence-electron chi connectivity index (χ4n) is 2.87. The number of piperidine rings is 1. The summed E-state index contributed by atoms with van der Waals surface area (Å²) < 4.78 is 5.31. The van der Waals surface area contributed by atoms with Crippen LogP contribution in [0, 0.1) is 5.41 Å². The van der Waals surface area contributed by atoms with Gasteiger partial charge in [0.25, 0.3) is 0 Å². The van der Waals surface area contributed by atoms with Gasteiger partial charge in [0.2, 0.25) is 5.91 Å². The molecule has 0 spiro atoms. The van der Waals surface area contributed by atoms with Gasteiger partial charge in [-0.2, -0.15) is 0 Å². The molecule has 0 aromatic carbocycles. The summed E-state index contributed by atoms with van der Waals surface area (Å²) in [4.78, 5) is 12.4. The number of rotatable bonds is 5. The molecule has 4 nitrogen and oxygen atoms in total. The molecule has 20 heavy (non-hydrogen) atoms. The Bertz CT molecular complexity index is 426. The number of amides is 1. The van der Waals surface area contributed by atoms with Crippen molar-refractivity contribution in [3.8, 4) is 0 Å². The van der Waals surface area contributed by atoms with Crippen LogP contribution in [0.2, 0.25) is 0 Å². The van der Waals surface area contributed by atoms with Crippen LogP contribution in [0.4, 0.5) is 0 Å². The minimum Gasteiger partial charge on any atom is -0.469 e. The number of hydrogen-bond donors (Lipinski definition) is 2. The van der Waals surface area contributed by atoms with Gasteiger partial charge in [-0.25, -0.2) is 0 Å². The highest BCUT2D eigenvalue weighted by Gasteiger charge is 2.37. The molecule has 1 saturated heterocycles. The van der Waals surface area contributed by atoms with Gasteiger partial charge in [-0.05, 0) is 50.3 Å². The van der Waals surface area contributed by atoms with E-state index in [-0.39, 0.29) is 23.4 Å². The van der Waals surface area contributed by atoms with Crippen molar-refractivity contribution < 1.29 is 9.21 Å².